The van der Waals surface area contributed by atoms with Crippen molar-refractivity contribution < 1.29 is 9.59 Å². The molecule has 5 nitrogen and oxygen atoms in total. The monoisotopic (exact) mass is 365 g/mol. The minimum Gasteiger partial charge on any atom is -0.322 e. The van der Waals surface area contributed by atoms with Gasteiger partial charge in [0.1, 0.15) is 0 Å². The Balaban J connectivity index is 1.43. The van der Waals surface area contributed by atoms with E-state index < -0.39 is 0 Å². The van der Waals surface area contributed by atoms with Crippen LogP contribution in [0.3, 0.4) is 0 Å². The first kappa shape index (κ1) is 16.2. The molecule has 1 amide bonds. The lowest BCUT2D eigenvalue weighted by Gasteiger charge is -2.09. The van der Waals surface area contributed by atoms with E-state index >= 15 is 0 Å². The van der Waals surface area contributed by atoms with E-state index in [1.54, 1.807) is 23.0 Å². The van der Waals surface area contributed by atoms with Gasteiger partial charge in [-0.15, -0.1) is 0 Å². The van der Waals surface area contributed by atoms with Crippen LogP contribution in [0.5, 0.6) is 0 Å². The van der Waals surface area contributed by atoms with Crippen molar-refractivity contribution in [3.8, 4) is 16.8 Å². The maximum atomic E-state index is 12.7. The number of amides is 1. The topological polar surface area (TPSA) is 64.0 Å². The predicted molar refractivity (Wildman–Crippen MR) is 107 cm³/mol. The Labute approximate surface area is 161 Å². The summed E-state index contributed by atoms with van der Waals surface area (Å²) in [5.41, 5.74) is 5.00. The number of benzene rings is 3. The maximum absolute atomic E-state index is 12.7. The number of nitrogens with one attached hydrogen (secondary N) is 1. The van der Waals surface area contributed by atoms with Gasteiger partial charge in [0, 0.05) is 34.8 Å². The molecule has 134 valence electrons. The number of aromatic nitrogens is 2. The van der Waals surface area contributed by atoms with Gasteiger partial charge in [0.2, 0.25) is 0 Å². The fourth-order valence-corrected chi connectivity index (χ4v) is 3.52. The van der Waals surface area contributed by atoms with Gasteiger partial charge in [-0.05, 0) is 47.5 Å². The van der Waals surface area contributed by atoms with Gasteiger partial charge in [0.25, 0.3) is 5.91 Å². The molecule has 0 atom stereocenters. The van der Waals surface area contributed by atoms with E-state index in [9.17, 15) is 9.59 Å². The van der Waals surface area contributed by atoms with Crippen LogP contribution < -0.4 is 5.32 Å². The van der Waals surface area contributed by atoms with E-state index in [0.717, 1.165) is 16.8 Å². The van der Waals surface area contributed by atoms with Crippen molar-refractivity contribution in [2.45, 2.75) is 0 Å². The molecule has 0 aliphatic heterocycles. The highest BCUT2D eigenvalue weighted by Crippen LogP contribution is 2.36. The lowest BCUT2D eigenvalue weighted by Crippen LogP contribution is -2.13. The number of fused-ring (bicyclic) bond motifs is 3. The second-order valence-electron chi connectivity index (χ2n) is 6.59. The predicted octanol–water partition coefficient (Wildman–Crippen LogP) is 4.34. The number of hydrogen-bond donors (Lipinski definition) is 1. The number of carbonyl (C=O) groups is 2. The maximum Gasteiger partial charge on any atom is 0.255 e. The van der Waals surface area contributed by atoms with E-state index in [1.165, 1.54) is 0 Å². The quantitative estimate of drug-likeness (QED) is 0.517. The van der Waals surface area contributed by atoms with Gasteiger partial charge in [0.15, 0.2) is 5.78 Å². The van der Waals surface area contributed by atoms with E-state index in [0.29, 0.717) is 22.4 Å². The number of anilines is 1. The first-order valence-corrected chi connectivity index (χ1v) is 8.90. The van der Waals surface area contributed by atoms with Crippen molar-refractivity contribution in [3.05, 3.63) is 102 Å². The lowest BCUT2D eigenvalue weighted by atomic mass is 10.0. The number of carbonyl (C=O) groups excluding carboxylic acids is 2. The van der Waals surface area contributed by atoms with Crippen LogP contribution in [0.25, 0.3) is 16.8 Å². The van der Waals surface area contributed by atoms with E-state index in [4.69, 9.17) is 0 Å². The molecule has 1 heterocycles. The Morgan fingerprint density at radius 3 is 2.46 bits per heavy atom. The second-order valence-corrected chi connectivity index (χ2v) is 6.59. The van der Waals surface area contributed by atoms with Crippen molar-refractivity contribution in [3.63, 3.8) is 0 Å². The number of nitrogens with zero attached hydrogens (tertiary/aromatic N) is 2. The van der Waals surface area contributed by atoms with Crippen LogP contribution in [-0.2, 0) is 0 Å². The molecule has 0 spiro atoms. The first-order chi connectivity index (χ1) is 13.7. The van der Waals surface area contributed by atoms with Gasteiger partial charge in [-0.1, -0.05) is 36.4 Å². The number of ketones is 1. The average Bonchev–Trinajstić information content (AvgIpc) is 3.36. The Bertz CT molecular complexity index is 1230. The highest BCUT2D eigenvalue weighted by Gasteiger charge is 2.27. The Morgan fingerprint density at radius 2 is 1.64 bits per heavy atom. The molecule has 1 aliphatic rings. The highest BCUT2D eigenvalue weighted by atomic mass is 16.1. The molecule has 0 unspecified atom stereocenters. The Kier molecular flexibility index (Phi) is 3.66. The third-order valence-electron chi connectivity index (χ3n) is 4.86. The fraction of sp³-hybridized carbons (Fsp3) is 0. The molecule has 1 aromatic heterocycles. The molecule has 4 aromatic rings. The van der Waals surface area contributed by atoms with Crippen molar-refractivity contribution in [2.75, 3.05) is 5.32 Å². The average molecular weight is 365 g/mol. The molecular weight excluding hydrogens is 350 g/mol. The molecule has 1 N–H and O–H groups in total. The van der Waals surface area contributed by atoms with Gasteiger partial charge < -0.3 is 5.32 Å². The van der Waals surface area contributed by atoms with E-state index in [1.807, 2.05) is 66.9 Å². The number of rotatable bonds is 3. The molecule has 0 saturated carbocycles. The molecule has 3 aromatic carbocycles. The van der Waals surface area contributed by atoms with Crippen LogP contribution in [0.2, 0.25) is 0 Å². The Morgan fingerprint density at radius 1 is 0.821 bits per heavy atom. The zero-order valence-corrected chi connectivity index (χ0v) is 14.8. The smallest absolute Gasteiger partial charge is 0.255 e. The fourth-order valence-electron chi connectivity index (χ4n) is 3.52. The summed E-state index contributed by atoms with van der Waals surface area (Å²) in [5.74, 6) is -0.301. The molecule has 1 aliphatic carbocycles. The third kappa shape index (κ3) is 2.61. The van der Waals surface area contributed by atoms with Gasteiger partial charge in [-0.25, -0.2) is 4.68 Å². The summed E-state index contributed by atoms with van der Waals surface area (Å²) in [7, 11) is 0. The summed E-state index contributed by atoms with van der Waals surface area (Å²) in [5, 5.41) is 7.10. The van der Waals surface area contributed by atoms with Crippen molar-refractivity contribution >= 4 is 17.4 Å². The van der Waals surface area contributed by atoms with Crippen molar-refractivity contribution in [1.82, 2.24) is 9.78 Å². The second kappa shape index (κ2) is 6.32. The third-order valence-corrected chi connectivity index (χ3v) is 4.86. The minimum absolute atomic E-state index is 0.0408. The standard InChI is InChI=1S/C23H15N3O2/c27-22-20-8-2-1-7-18(20)19-10-9-15(13-21(19)22)23(28)25-16-5-3-6-17(14-16)26-12-4-11-24-26/h1-14H,(H,25,28). The van der Waals surface area contributed by atoms with Crippen LogP contribution in [0.1, 0.15) is 26.3 Å². The summed E-state index contributed by atoms with van der Waals surface area (Å²) in [6.07, 6.45) is 3.54. The van der Waals surface area contributed by atoms with Crippen LogP contribution >= 0.6 is 0 Å². The zero-order chi connectivity index (χ0) is 19.1. The van der Waals surface area contributed by atoms with Gasteiger partial charge in [-0.3, -0.25) is 9.59 Å². The Hall–Kier alpha value is -3.99. The molecular formula is C23H15N3O2. The molecule has 0 bridgehead atoms. The largest absolute Gasteiger partial charge is 0.322 e. The summed E-state index contributed by atoms with van der Waals surface area (Å²) < 4.78 is 1.72. The van der Waals surface area contributed by atoms with Crippen molar-refractivity contribution in [2.24, 2.45) is 0 Å². The summed E-state index contributed by atoms with van der Waals surface area (Å²) in [6, 6.07) is 22.0. The molecule has 5 heteroatoms. The normalized spacial score (nSPS) is 11.8. The summed E-state index contributed by atoms with van der Waals surface area (Å²) in [6.45, 7) is 0. The number of hydrogen-bond acceptors (Lipinski definition) is 3. The summed E-state index contributed by atoms with van der Waals surface area (Å²) in [4.78, 5) is 25.4. The first-order valence-electron chi connectivity index (χ1n) is 8.90. The van der Waals surface area contributed by atoms with Crippen LogP contribution in [0, 0.1) is 0 Å². The van der Waals surface area contributed by atoms with Gasteiger partial charge in [-0.2, -0.15) is 5.10 Å². The SMILES string of the molecule is O=C(Nc1cccc(-n2cccn2)c1)c1ccc2c(c1)C(=O)c1ccccc1-2. The van der Waals surface area contributed by atoms with Crippen LogP contribution in [-0.4, -0.2) is 21.5 Å². The van der Waals surface area contributed by atoms with E-state index in [-0.39, 0.29) is 11.7 Å². The molecule has 0 fully saturated rings. The molecule has 28 heavy (non-hydrogen) atoms. The van der Waals surface area contributed by atoms with Gasteiger partial charge >= 0.3 is 0 Å². The molecule has 0 saturated heterocycles. The van der Waals surface area contributed by atoms with E-state index in [2.05, 4.69) is 10.4 Å². The lowest BCUT2D eigenvalue weighted by molar-refractivity contribution is 0.102. The molecule has 5 rings (SSSR count). The van der Waals surface area contributed by atoms with Gasteiger partial charge in [0.05, 0.1) is 5.69 Å². The van der Waals surface area contributed by atoms with Crippen molar-refractivity contribution in [1.29, 1.82) is 0 Å². The van der Waals surface area contributed by atoms with Crippen LogP contribution in [0.4, 0.5) is 5.69 Å². The van der Waals surface area contributed by atoms with Crippen LogP contribution in [0.15, 0.2) is 85.2 Å². The minimum atomic E-state index is -0.260. The summed E-state index contributed by atoms with van der Waals surface area (Å²) >= 11 is 0. The molecule has 0 radical (unpaired) electrons. The highest BCUT2D eigenvalue weighted by molar-refractivity contribution is 6.22. The zero-order valence-electron chi connectivity index (χ0n) is 14.8.